The van der Waals surface area contributed by atoms with Crippen molar-refractivity contribution in [1.29, 1.82) is 0 Å². The number of rotatable bonds is 4. The molecule has 3 nitrogen and oxygen atoms in total. The highest BCUT2D eigenvalue weighted by atomic mass is 127. The number of carbonyl (C=O) groups is 1. The summed E-state index contributed by atoms with van der Waals surface area (Å²) in [4.78, 5) is 11.9. The van der Waals surface area contributed by atoms with Crippen LogP contribution in [0.1, 0.15) is 32.1 Å². The minimum absolute atomic E-state index is 0.117. The van der Waals surface area contributed by atoms with Gasteiger partial charge in [-0.3, -0.25) is 4.79 Å². The smallest absolute Gasteiger partial charge is 0.224 e. The van der Waals surface area contributed by atoms with Crippen molar-refractivity contribution in [3.8, 4) is 0 Å². The largest absolute Gasteiger partial charge is 0.325 e. The first-order valence-electron chi connectivity index (χ1n) is 6.53. The molecule has 0 aromatic heterocycles. The lowest BCUT2D eigenvalue weighted by Crippen LogP contribution is -2.34. The van der Waals surface area contributed by atoms with Gasteiger partial charge < -0.3 is 10.6 Å². The molecule has 0 bridgehead atoms. The molecule has 1 aromatic carbocycles. The van der Waals surface area contributed by atoms with Crippen LogP contribution in [0.3, 0.4) is 0 Å². The van der Waals surface area contributed by atoms with Crippen LogP contribution in [0.25, 0.3) is 0 Å². The van der Waals surface area contributed by atoms with E-state index in [-0.39, 0.29) is 5.91 Å². The maximum atomic E-state index is 11.9. The molecule has 1 amide bonds. The Kier molecular flexibility index (Phi) is 5.44. The molecule has 1 aliphatic rings. The van der Waals surface area contributed by atoms with Crippen molar-refractivity contribution in [2.24, 2.45) is 0 Å². The summed E-state index contributed by atoms with van der Waals surface area (Å²) >= 11 is 2.24. The van der Waals surface area contributed by atoms with Gasteiger partial charge in [0.1, 0.15) is 0 Å². The third-order valence-corrected chi connectivity index (χ3v) is 4.22. The fourth-order valence-electron chi connectivity index (χ4n) is 2.25. The molecule has 1 aliphatic heterocycles. The molecule has 4 heteroatoms. The molecular formula is C14H19IN2O. The third-order valence-electron chi connectivity index (χ3n) is 3.28. The second-order valence-corrected chi connectivity index (χ2v) is 5.88. The van der Waals surface area contributed by atoms with Crippen molar-refractivity contribution < 1.29 is 4.79 Å². The summed E-state index contributed by atoms with van der Waals surface area (Å²) in [5.41, 5.74) is 0.916. The first-order chi connectivity index (χ1) is 8.75. The first kappa shape index (κ1) is 13.8. The Balaban J connectivity index is 1.76. The maximum absolute atomic E-state index is 11.9. The van der Waals surface area contributed by atoms with E-state index in [1.165, 1.54) is 19.3 Å². The van der Waals surface area contributed by atoms with Gasteiger partial charge in [-0.15, -0.1) is 0 Å². The Morgan fingerprint density at radius 2 is 2.22 bits per heavy atom. The number of halogens is 1. The van der Waals surface area contributed by atoms with Crippen LogP contribution in [0.15, 0.2) is 24.3 Å². The summed E-state index contributed by atoms with van der Waals surface area (Å²) < 4.78 is 1.08. The van der Waals surface area contributed by atoms with Gasteiger partial charge in [0.2, 0.25) is 5.91 Å². The van der Waals surface area contributed by atoms with Crippen LogP contribution in [0.5, 0.6) is 0 Å². The van der Waals surface area contributed by atoms with Gasteiger partial charge in [0.25, 0.3) is 0 Å². The van der Waals surface area contributed by atoms with Crippen LogP contribution in [0.4, 0.5) is 5.69 Å². The second-order valence-electron chi connectivity index (χ2n) is 4.71. The van der Waals surface area contributed by atoms with E-state index in [1.54, 1.807) is 0 Å². The summed E-state index contributed by atoms with van der Waals surface area (Å²) in [6, 6.07) is 8.39. The van der Waals surface area contributed by atoms with Gasteiger partial charge in [0, 0.05) is 16.0 Å². The average molecular weight is 358 g/mol. The second kappa shape index (κ2) is 7.09. The van der Waals surface area contributed by atoms with Crippen molar-refractivity contribution in [3.63, 3.8) is 0 Å². The SMILES string of the molecule is O=C(CCC1CCCCN1)Nc1ccccc1I. The number of piperidine rings is 1. The quantitative estimate of drug-likeness (QED) is 0.812. The summed E-state index contributed by atoms with van der Waals surface area (Å²) in [5, 5.41) is 6.44. The summed E-state index contributed by atoms with van der Waals surface area (Å²) in [6.07, 6.45) is 5.30. The zero-order valence-corrected chi connectivity index (χ0v) is 12.6. The number of carbonyl (C=O) groups excluding carboxylic acids is 1. The average Bonchev–Trinajstić information content (AvgIpc) is 2.40. The van der Waals surface area contributed by atoms with Crippen LogP contribution in [-0.2, 0) is 4.79 Å². The van der Waals surface area contributed by atoms with E-state index >= 15 is 0 Å². The van der Waals surface area contributed by atoms with Gasteiger partial charge in [0.15, 0.2) is 0 Å². The molecule has 1 fully saturated rings. The number of hydrogen-bond donors (Lipinski definition) is 2. The molecule has 1 unspecified atom stereocenters. The standard InChI is InChI=1S/C14H19IN2O/c15-12-6-1-2-7-13(12)17-14(18)9-8-11-5-3-4-10-16-11/h1-2,6-7,11,16H,3-5,8-10H2,(H,17,18). The molecular weight excluding hydrogens is 339 g/mol. The van der Waals surface area contributed by atoms with Gasteiger partial charge in [-0.05, 0) is 60.5 Å². The molecule has 2 N–H and O–H groups in total. The Hall–Kier alpha value is -0.620. The number of nitrogens with one attached hydrogen (secondary N) is 2. The Labute approximate surface area is 122 Å². The van der Waals surface area contributed by atoms with E-state index in [9.17, 15) is 4.79 Å². The normalized spacial score (nSPS) is 19.5. The minimum Gasteiger partial charge on any atom is -0.325 e. The number of para-hydroxylation sites is 1. The van der Waals surface area contributed by atoms with Crippen LogP contribution in [0.2, 0.25) is 0 Å². The van der Waals surface area contributed by atoms with Crippen LogP contribution in [0, 0.1) is 3.57 Å². The van der Waals surface area contributed by atoms with E-state index in [0.29, 0.717) is 12.5 Å². The Morgan fingerprint density at radius 3 is 2.94 bits per heavy atom. The van der Waals surface area contributed by atoms with Gasteiger partial charge >= 0.3 is 0 Å². The Morgan fingerprint density at radius 1 is 1.39 bits per heavy atom. The predicted molar refractivity (Wildman–Crippen MR) is 82.7 cm³/mol. The van der Waals surface area contributed by atoms with Gasteiger partial charge in [-0.2, -0.15) is 0 Å². The fraction of sp³-hybridized carbons (Fsp3) is 0.500. The lowest BCUT2D eigenvalue weighted by molar-refractivity contribution is -0.116. The highest BCUT2D eigenvalue weighted by molar-refractivity contribution is 14.1. The zero-order valence-electron chi connectivity index (χ0n) is 10.4. The van der Waals surface area contributed by atoms with Crippen LogP contribution >= 0.6 is 22.6 Å². The van der Waals surface area contributed by atoms with Crippen molar-refractivity contribution in [1.82, 2.24) is 5.32 Å². The molecule has 1 aromatic rings. The molecule has 0 radical (unpaired) electrons. The van der Waals surface area contributed by atoms with E-state index in [0.717, 1.165) is 22.2 Å². The molecule has 98 valence electrons. The van der Waals surface area contributed by atoms with Crippen molar-refractivity contribution >= 4 is 34.2 Å². The highest BCUT2D eigenvalue weighted by Crippen LogP contribution is 2.18. The molecule has 18 heavy (non-hydrogen) atoms. The monoisotopic (exact) mass is 358 g/mol. The molecule has 1 saturated heterocycles. The van der Waals surface area contributed by atoms with Gasteiger partial charge in [-0.25, -0.2) is 0 Å². The third kappa shape index (κ3) is 4.24. The lowest BCUT2D eigenvalue weighted by Gasteiger charge is -2.23. The maximum Gasteiger partial charge on any atom is 0.224 e. The number of hydrogen-bond acceptors (Lipinski definition) is 2. The van der Waals surface area contributed by atoms with Crippen molar-refractivity contribution in [3.05, 3.63) is 27.8 Å². The minimum atomic E-state index is 0.117. The summed E-state index contributed by atoms with van der Waals surface area (Å²) in [7, 11) is 0. The topological polar surface area (TPSA) is 41.1 Å². The molecule has 1 heterocycles. The van der Waals surface area contributed by atoms with E-state index < -0.39 is 0 Å². The van der Waals surface area contributed by atoms with Crippen molar-refractivity contribution in [2.75, 3.05) is 11.9 Å². The summed E-state index contributed by atoms with van der Waals surface area (Å²) in [5.74, 6) is 0.117. The fourth-order valence-corrected chi connectivity index (χ4v) is 2.77. The molecule has 1 atom stereocenters. The first-order valence-corrected chi connectivity index (χ1v) is 7.61. The molecule has 0 aliphatic carbocycles. The molecule has 0 saturated carbocycles. The lowest BCUT2D eigenvalue weighted by atomic mass is 10.0. The van der Waals surface area contributed by atoms with Gasteiger partial charge in [-0.1, -0.05) is 18.6 Å². The van der Waals surface area contributed by atoms with E-state index in [2.05, 4.69) is 33.2 Å². The number of amides is 1. The molecule has 2 rings (SSSR count). The summed E-state index contributed by atoms with van der Waals surface area (Å²) in [6.45, 7) is 1.10. The molecule has 0 spiro atoms. The highest BCUT2D eigenvalue weighted by Gasteiger charge is 2.14. The van der Waals surface area contributed by atoms with Gasteiger partial charge in [0.05, 0.1) is 5.69 Å². The van der Waals surface area contributed by atoms with Crippen LogP contribution < -0.4 is 10.6 Å². The van der Waals surface area contributed by atoms with E-state index in [4.69, 9.17) is 0 Å². The zero-order chi connectivity index (χ0) is 12.8. The number of benzene rings is 1. The predicted octanol–water partition coefficient (Wildman–Crippen LogP) is 3.15. The van der Waals surface area contributed by atoms with E-state index in [1.807, 2.05) is 24.3 Å². The Bertz CT molecular complexity index is 403. The van der Waals surface area contributed by atoms with Crippen molar-refractivity contribution in [2.45, 2.75) is 38.1 Å². The number of anilines is 1. The van der Waals surface area contributed by atoms with Crippen LogP contribution in [-0.4, -0.2) is 18.5 Å².